The van der Waals surface area contributed by atoms with Crippen molar-refractivity contribution in [2.45, 2.75) is 26.4 Å². The summed E-state index contributed by atoms with van der Waals surface area (Å²) in [6, 6.07) is 17.0. The van der Waals surface area contributed by atoms with E-state index in [9.17, 15) is 0 Å². The normalized spacial score (nSPS) is 12.2. The number of aryl methyl sites for hydroxylation is 1. The maximum atomic E-state index is 5.36. The molecule has 1 N–H and O–H groups in total. The number of methoxy groups -OCH3 is 1. The number of nitrogens with one attached hydrogen (secondary N) is 1. The SMILES string of the molecule is COc1ccccc1CN[C@H](C)c1cccc(C)c1. The topological polar surface area (TPSA) is 21.3 Å². The van der Waals surface area contributed by atoms with Crippen molar-refractivity contribution < 1.29 is 4.74 Å². The Morgan fingerprint density at radius 1 is 1.11 bits per heavy atom. The van der Waals surface area contributed by atoms with E-state index in [1.165, 1.54) is 16.7 Å². The second kappa shape index (κ2) is 6.39. The molecule has 0 bridgehead atoms. The van der Waals surface area contributed by atoms with Crippen molar-refractivity contribution >= 4 is 0 Å². The van der Waals surface area contributed by atoms with Gasteiger partial charge < -0.3 is 10.1 Å². The highest BCUT2D eigenvalue weighted by Gasteiger charge is 2.07. The van der Waals surface area contributed by atoms with Crippen LogP contribution in [-0.4, -0.2) is 7.11 Å². The smallest absolute Gasteiger partial charge is 0.123 e. The van der Waals surface area contributed by atoms with Crippen LogP contribution in [0.4, 0.5) is 0 Å². The fourth-order valence-electron chi connectivity index (χ4n) is 2.17. The van der Waals surface area contributed by atoms with Gasteiger partial charge in [-0.25, -0.2) is 0 Å². The molecule has 0 heterocycles. The molecule has 0 aliphatic heterocycles. The fraction of sp³-hybridized carbons (Fsp3) is 0.294. The van der Waals surface area contributed by atoms with Gasteiger partial charge in [0, 0.05) is 18.2 Å². The van der Waals surface area contributed by atoms with Crippen LogP contribution < -0.4 is 10.1 Å². The largest absolute Gasteiger partial charge is 0.496 e. The highest BCUT2D eigenvalue weighted by Crippen LogP contribution is 2.19. The van der Waals surface area contributed by atoms with Crippen molar-refractivity contribution in [3.05, 3.63) is 65.2 Å². The zero-order chi connectivity index (χ0) is 13.7. The van der Waals surface area contributed by atoms with Crippen LogP contribution in [0, 0.1) is 6.92 Å². The molecule has 19 heavy (non-hydrogen) atoms. The molecule has 0 saturated heterocycles. The Morgan fingerprint density at radius 3 is 2.63 bits per heavy atom. The summed E-state index contributed by atoms with van der Waals surface area (Å²) in [5.41, 5.74) is 3.79. The van der Waals surface area contributed by atoms with Gasteiger partial charge in [0.2, 0.25) is 0 Å². The van der Waals surface area contributed by atoms with Crippen LogP contribution in [-0.2, 0) is 6.54 Å². The minimum atomic E-state index is 0.324. The standard InChI is InChI=1S/C17H21NO/c1-13-7-6-9-15(11-13)14(2)18-12-16-8-4-5-10-17(16)19-3/h4-11,14,18H,12H2,1-3H3/t14-/m1/s1. The first kappa shape index (κ1) is 13.6. The summed E-state index contributed by atoms with van der Waals surface area (Å²) in [6.07, 6.45) is 0. The molecule has 0 aromatic heterocycles. The van der Waals surface area contributed by atoms with E-state index in [-0.39, 0.29) is 0 Å². The minimum absolute atomic E-state index is 0.324. The van der Waals surface area contributed by atoms with Gasteiger partial charge in [-0.3, -0.25) is 0 Å². The van der Waals surface area contributed by atoms with Gasteiger partial charge in [-0.05, 0) is 25.5 Å². The molecule has 0 aliphatic rings. The molecule has 0 aliphatic carbocycles. The maximum absolute atomic E-state index is 5.36. The quantitative estimate of drug-likeness (QED) is 0.876. The van der Waals surface area contributed by atoms with Crippen molar-refractivity contribution in [3.8, 4) is 5.75 Å². The highest BCUT2D eigenvalue weighted by molar-refractivity contribution is 5.33. The molecule has 1 atom stereocenters. The van der Waals surface area contributed by atoms with Crippen molar-refractivity contribution in [3.63, 3.8) is 0 Å². The zero-order valence-corrected chi connectivity index (χ0v) is 11.8. The molecule has 0 spiro atoms. The molecule has 2 aromatic rings. The molecule has 0 amide bonds. The Labute approximate surface area is 115 Å². The molecule has 2 aromatic carbocycles. The first-order chi connectivity index (χ1) is 9.20. The average molecular weight is 255 g/mol. The second-order valence-electron chi connectivity index (χ2n) is 4.83. The van der Waals surface area contributed by atoms with Crippen LogP contribution in [0.3, 0.4) is 0 Å². The molecule has 0 unspecified atom stereocenters. The van der Waals surface area contributed by atoms with Crippen molar-refractivity contribution in [1.82, 2.24) is 5.32 Å². The third-order valence-electron chi connectivity index (χ3n) is 3.33. The van der Waals surface area contributed by atoms with Crippen LogP contribution in [0.25, 0.3) is 0 Å². The summed E-state index contributed by atoms with van der Waals surface area (Å²) >= 11 is 0. The lowest BCUT2D eigenvalue weighted by molar-refractivity contribution is 0.406. The number of ether oxygens (including phenoxy) is 1. The monoisotopic (exact) mass is 255 g/mol. The first-order valence-electron chi connectivity index (χ1n) is 6.62. The molecule has 0 saturated carbocycles. The summed E-state index contributed by atoms with van der Waals surface area (Å²) < 4.78 is 5.36. The molecule has 0 radical (unpaired) electrons. The second-order valence-corrected chi connectivity index (χ2v) is 4.83. The summed E-state index contributed by atoms with van der Waals surface area (Å²) in [7, 11) is 1.71. The molecular formula is C17H21NO. The number of benzene rings is 2. The number of rotatable bonds is 5. The predicted octanol–water partition coefficient (Wildman–Crippen LogP) is 3.85. The van der Waals surface area contributed by atoms with Crippen LogP contribution >= 0.6 is 0 Å². The molecule has 2 rings (SSSR count). The van der Waals surface area contributed by atoms with Gasteiger partial charge in [-0.15, -0.1) is 0 Å². The van der Waals surface area contributed by atoms with Crippen molar-refractivity contribution in [2.24, 2.45) is 0 Å². The minimum Gasteiger partial charge on any atom is -0.496 e. The lowest BCUT2D eigenvalue weighted by Gasteiger charge is -2.16. The molecule has 100 valence electrons. The number of para-hydroxylation sites is 1. The predicted molar refractivity (Wildman–Crippen MR) is 79.4 cm³/mol. The van der Waals surface area contributed by atoms with E-state index in [2.05, 4.69) is 49.5 Å². The van der Waals surface area contributed by atoms with Gasteiger partial charge in [-0.2, -0.15) is 0 Å². The lowest BCUT2D eigenvalue weighted by atomic mass is 10.1. The summed E-state index contributed by atoms with van der Waals surface area (Å²) in [4.78, 5) is 0. The van der Waals surface area contributed by atoms with E-state index in [1.807, 2.05) is 18.2 Å². The summed E-state index contributed by atoms with van der Waals surface area (Å²) in [6.45, 7) is 5.11. The van der Waals surface area contributed by atoms with E-state index in [1.54, 1.807) is 7.11 Å². The fourth-order valence-corrected chi connectivity index (χ4v) is 2.17. The van der Waals surface area contributed by atoms with E-state index >= 15 is 0 Å². The lowest BCUT2D eigenvalue weighted by Crippen LogP contribution is -2.18. The average Bonchev–Trinajstić information content (AvgIpc) is 2.45. The Hall–Kier alpha value is -1.80. The Morgan fingerprint density at radius 2 is 1.89 bits per heavy atom. The van der Waals surface area contributed by atoms with Crippen LogP contribution in [0.5, 0.6) is 5.75 Å². The Bertz CT molecular complexity index is 536. The number of hydrogen-bond acceptors (Lipinski definition) is 2. The Kier molecular flexibility index (Phi) is 4.58. The highest BCUT2D eigenvalue weighted by atomic mass is 16.5. The van der Waals surface area contributed by atoms with Gasteiger partial charge in [0.1, 0.15) is 5.75 Å². The van der Waals surface area contributed by atoms with Crippen LogP contribution in [0.1, 0.15) is 29.7 Å². The maximum Gasteiger partial charge on any atom is 0.123 e. The van der Waals surface area contributed by atoms with Gasteiger partial charge in [0.15, 0.2) is 0 Å². The zero-order valence-electron chi connectivity index (χ0n) is 11.8. The van der Waals surface area contributed by atoms with Gasteiger partial charge in [0.25, 0.3) is 0 Å². The van der Waals surface area contributed by atoms with E-state index in [4.69, 9.17) is 4.74 Å². The van der Waals surface area contributed by atoms with Crippen LogP contribution in [0.15, 0.2) is 48.5 Å². The Balaban J connectivity index is 2.02. The van der Waals surface area contributed by atoms with Gasteiger partial charge in [0.05, 0.1) is 7.11 Å². The summed E-state index contributed by atoms with van der Waals surface area (Å²) in [5, 5.41) is 3.54. The van der Waals surface area contributed by atoms with Crippen LogP contribution in [0.2, 0.25) is 0 Å². The molecule has 0 fully saturated rings. The molecule has 2 heteroatoms. The van der Waals surface area contributed by atoms with E-state index in [0.29, 0.717) is 6.04 Å². The van der Waals surface area contributed by atoms with Gasteiger partial charge in [-0.1, -0.05) is 48.0 Å². The first-order valence-corrected chi connectivity index (χ1v) is 6.62. The third kappa shape index (κ3) is 3.58. The van der Waals surface area contributed by atoms with Gasteiger partial charge >= 0.3 is 0 Å². The van der Waals surface area contributed by atoms with Crippen molar-refractivity contribution in [2.75, 3.05) is 7.11 Å². The number of hydrogen-bond donors (Lipinski definition) is 1. The van der Waals surface area contributed by atoms with Crippen molar-refractivity contribution in [1.29, 1.82) is 0 Å². The molecular weight excluding hydrogens is 234 g/mol. The summed E-state index contributed by atoms with van der Waals surface area (Å²) in [5.74, 6) is 0.937. The van der Waals surface area contributed by atoms with E-state index in [0.717, 1.165) is 12.3 Å². The van der Waals surface area contributed by atoms with E-state index < -0.39 is 0 Å². The third-order valence-corrected chi connectivity index (χ3v) is 3.33. The molecule has 2 nitrogen and oxygen atoms in total.